The molecule has 0 atom stereocenters. The second-order valence-electron chi connectivity index (χ2n) is 7.45. The number of sulfonamides is 1. The topological polar surface area (TPSA) is 78.8 Å². The molecule has 0 fully saturated rings. The molecular weight excluding hydrogens is 478 g/mol. The van der Waals surface area contributed by atoms with Crippen molar-refractivity contribution in [2.45, 2.75) is 17.7 Å². The summed E-state index contributed by atoms with van der Waals surface area (Å²) in [6.45, 7) is 0.679. The van der Waals surface area contributed by atoms with Crippen LogP contribution in [0.2, 0.25) is 0 Å². The molecule has 3 aromatic carbocycles. The number of nitrogens with zero attached hydrogens (tertiary/aromatic N) is 2. The van der Waals surface area contributed by atoms with E-state index in [2.05, 4.69) is 31.7 Å². The number of hydrogen-bond acceptors (Lipinski definition) is 4. The number of amides is 1. The first kappa shape index (κ1) is 20.0. The molecule has 1 N–H and O–H groups in total. The lowest BCUT2D eigenvalue weighted by Crippen LogP contribution is -2.35. The number of anilines is 2. The van der Waals surface area contributed by atoms with E-state index in [1.807, 2.05) is 17.0 Å². The number of nitrogens with one attached hydrogen (secondary N) is 1. The Kier molecular flexibility index (Phi) is 4.91. The van der Waals surface area contributed by atoms with E-state index in [9.17, 15) is 13.2 Å². The number of benzene rings is 3. The van der Waals surface area contributed by atoms with Crippen LogP contribution in [0.3, 0.4) is 0 Å². The van der Waals surface area contributed by atoms with Crippen molar-refractivity contribution in [1.82, 2.24) is 0 Å². The van der Waals surface area contributed by atoms with E-state index in [-0.39, 0.29) is 16.6 Å². The van der Waals surface area contributed by atoms with Crippen LogP contribution in [0.1, 0.15) is 27.9 Å². The van der Waals surface area contributed by atoms with Gasteiger partial charge < -0.3 is 10.2 Å². The van der Waals surface area contributed by atoms with Gasteiger partial charge in [-0.05, 0) is 73.0 Å². The van der Waals surface area contributed by atoms with Gasteiger partial charge in [-0.1, -0.05) is 28.1 Å². The molecule has 156 valence electrons. The van der Waals surface area contributed by atoms with Gasteiger partial charge in [-0.15, -0.1) is 4.40 Å². The van der Waals surface area contributed by atoms with E-state index in [1.165, 1.54) is 0 Å². The predicted molar refractivity (Wildman–Crippen MR) is 124 cm³/mol. The summed E-state index contributed by atoms with van der Waals surface area (Å²) in [6, 6.07) is 19.7. The lowest BCUT2D eigenvalue weighted by molar-refractivity contribution is 0.0985. The van der Waals surface area contributed by atoms with Gasteiger partial charge in [0.25, 0.3) is 15.9 Å². The Labute approximate surface area is 188 Å². The highest BCUT2D eigenvalue weighted by Gasteiger charge is 2.28. The van der Waals surface area contributed by atoms with Gasteiger partial charge in [0.1, 0.15) is 4.90 Å². The van der Waals surface area contributed by atoms with Crippen LogP contribution >= 0.6 is 15.9 Å². The Hall–Kier alpha value is -2.97. The summed E-state index contributed by atoms with van der Waals surface area (Å²) in [7, 11) is -3.68. The van der Waals surface area contributed by atoms with E-state index >= 15 is 0 Å². The first-order chi connectivity index (χ1) is 14.9. The molecule has 0 saturated carbocycles. The SMILES string of the molecule is O=C(c1ccc(NC2=NS(=O)(=O)c3ccccc32)cc1)N1CCCc2cc(Br)ccc21. The molecule has 31 heavy (non-hydrogen) atoms. The number of carbonyl (C=O) groups is 1. The standard InChI is InChI=1S/C23H18BrN3O3S/c24-17-9-12-20-16(14-17)4-3-13-27(20)23(28)15-7-10-18(11-8-15)25-22-19-5-1-2-6-21(19)31(29,30)26-22/h1-2,5-12,14H,3-4,13H2,(H,25,26). The molecule has 0 aromatic heterocycles. The molecule has 3 aromatic rings. The molecule has 2 aliphatic heterocycles. The molecule has 2 heterocycles. The van der Waals surface area contributed by atoms with Crippen molar-refractivity contribution in [3.63, 3.8) is 0 Å². The second kappa shape index (κ2) is 7.62. The highest BCUT2D eigenvalue weighted by atomic mass is 79.9. The lowest BCUT2D eigenvalue weighted by Gasteiger charge is -2.29. The van der Waals surface area contributed by atoms with E-state index in [1.54, 1.807) is 48.5 Å². The van der Waals surface area contributed by atoms with Crippen molar-refractivity contribution in [2.24, 2.45) is 4.40 Å². The predicted octanol–water partition coefficient (Wildman–Crippen LogP) is 4.60. The fourth-order valence-corrected chi connectivity index (χ4v) is 5.55. The molecule has 1 amide bonds. The number of aryl methyl sites for hydroxylation is 1. The van der Waals surface area contributed by atoms with Crippen LogP contribution in [0.25, 0.3) is 0 Å². The van der Waals surface area contributed by atoms with Crippen LogP contribution in [0.5, 0.6) is 0 Å². The smallest absolute Gasteiger partial charge is 0.285 e. The van der Waals surface area contributed by atoms with Crippen molar-refractivity contribution in [3.8, 4) is 0 Å². The Morgan fingerprint density at radius 1 is 1.03 bits per heavy atom. The Morgan fingerprint density at radius 3 is 2.61 bits per heavy atom. The number of carbonyl (C=O) groups excluding carboxylic acids is 1. The van der Waals surface area contributed by atoms with Gasteiger partial charge in [0, 0.05) is 33.5 Å². The molecule has 2 aliphatic rings. The van der Waals surface area contributed by atoms with Crippen molar-refractivity contribution >= 4 is 49.1 Å². The van der Waals surface area contributed by atoms with Gasteiger partial charge in [0.05, 0.1) is 0 Å². The number of halogens is 1. The molecule has 8 heteroatoms. The fraction of sp³-hybridized carbons (Fsp3) is 0.130. The van der Waals surface area contributed by atoms with Gasteiger partial charge in [-0.25, -0.2) is 0 Å². The summed E-state index contributed by atoms with van der Waals surface area (Å²) < 4.78 is 29.3. The molecule has 0 spiro atoms. The molecule has 0 saturated heterocycles. The molecular formula is C23H18BrN3O3S. The van der Waals surface area contributed by atoms with E-state index in [4.69, 9.17) is 0 Å². The first-order valence-corrected chi connectivity index (χ1v) is 12.1. The molecule has 5 rings (SSSR count). The largest absolute Gasteiger partial charge is 0.339 e. The monoisotopic (exact) mass is 495 g/mol. The third kappa shape index (κ3) is 3.66. The zero-order valence-electron chi connectivity index (χ0n) is 16.4. The van der Waals surface area contributed by atoms with Crippen molar-refractivity contribution in [1.29, 1.82) is 0 Å². The fourth-order valence-electron chi connectivity index (χ4n) is 3.96. The van der Waals surface area contributed by atoms with Gasteiger partial charge >= 0.3 is 0 Å². The third-order valence-electron chi connectivity index (χ3n) is 5.43. The number of hydrogen-bond donors (Lipinski definition) is 1. The van der Waals surface area contributed by atoms with Gasteiger partial charge in [0.2, 0.25) is 0 Å². The molecule has 0 aliphatic carbocycles. The van der Waals surface area contributed by atoms with Crippen LogP contribution in [-0.4, -0.2) is 26.7 Å². The zero-order valence-corrected chi connectivity index (χ0v) is 18.8. The van der Waals surface area contributed by atoms with Gasteiger partial charge in [-0.3, -0.25) is 4.79 Å². The van der Waals surface area contributed by atoms with E-state index < -0.39 is 10.0 Å². The lowest BCUT2D eigenvalue weighted by atomic mass is 10.0. The summed E-state index contributed by atoms with van der Waals surface area (Å²) in [5, 5.41) is 3.06. The average molecular weight is 496 g/mol. The molecule has 6 nitrogen and oxygen atoms in total. The summed E-state index contributed by atoms with van der Waals surface area (Å²) >= 11 is 3.50. The number of fused-ring (bicyclic) bond motifs is 2. The minimum absolute atomic E-state index is 0.0547. The summed E-state index contributed by atoms with van der Waals surface area (Å²) in [5.74, 6) is 0.228. The number of amidine groups is 1. The summed E-state index contributed by atoms with van der Waals surface area (Å²) in [6.07, 6.45) is 1.87. The van der Waals surface area contributed by atoms with Crippen LogP contribution < -0.4 is 10.2 Å². The van der Waals surface area contributed by atoms with Crippen LogP contribution in [0.15, 0.2) is 80.5 Å². The van der Waals surface area contributed by atoms with E-state index in [0.717, 1.165) is 28.6 Å². The quantitative estimate of drug-likeness (QED) is 0.563. The van der Waals surface area contributed by atoms with Crippen molar-refractivity contribution < 1.29 is 13.2 Å². The van der Waals surface area contributed by atoms with Crippen LogP contribution in [0.4, 0.5) is 11.4 Å². The summed E-state index contributed by atoms with van der Waals surface area (Å²) in [5.41, 5.74) is 3.88. The maximum atomic E-state index is 13.1. The first-order valence-electron chi connectivity index (χ1n) is 9.84. The molecule has 0 unspecified atom stereocenters. The Morgan fingerprint density at radius 2 is 1.81 bits per heavy atom. The maximum Gasteiger partial charge on any atom is 0.285 e. The second-order valence-corrected chi connectivity index (χ2v) is 9.94. The third-order valence-corrected chi connectivity index (χ3v) is 7.26. The molecule has 0 bridgehead atoms. The Bertz CT molecular complexity index is 1330. The maximum absolute atomic E-state index is 13.1. The van der Waals surface area contributed by atoms with Crippen LogP contribution in [-0.2, 0) is 16.4 Å². The average Bonchev–Trinajstić information content (AvgIpc) is 3.03. The highest BCUT2D eigenvalue weighted by Crippen LogP contribution is 2.31. The highest BCUT2D eigenvalue weighted by molar-refractivity contribution is 9.10. The van der Waals surface area contributed by atoms with Gasteiger partial charge in [-0.2, -0.15) is 8.42 Å². The minimum Gasteiger partial charge on any atom is -0.339 e. The Balaban J connectivity index is 1.38. The van der Waals surface area contributed by atoms with E-state index in [0.29, 0.717) is 23.4 Å². The minimum atomic E-state index is -3.68. The van der Waals surface area contributed by atoms with Crippen molar-refractivity contribution in [3.05, 3.63) is 87.9 Å². The van der Waals surface area contributed by atoms with Crippen molar-refractivity contribution in [2.75, 3.05) is 16.8 Å². The van der Waals surface area contributed by atoms with Gasteiger partial charge in [0.15, 0.2) is 5.84 Å². The van der Waals surface area contributed by atoms with Crippen LogP contribution in [0, 0.1) is 0 Å². The summed E-state index contributed by atoms with van der Waals surface area (Å²) in [4.78, 5) is 15.2. The molecule has 0 radical (unpaired) electrons. The zero-order chi connectivity index (χ0) is 21.6. The normalized spacial score (nSPS) is 16.3. The number of rotatable bonds is 2.